The molecule has 1 aromatic heterocycles. The van der Waals surface area contributed by atoms with Crippen LogP contribution in [0.2, 0.25) is 0 Å². The summed E-state index contributed by atoms with van der Waals surface area (Å²) in [4.78, 5) is 4.01. The molecule has 0 spiro atoms. The smallest absolute Gasteiger partial charge is 0.302 e. The Hall–Kier alpha value is -1.34. The summed E-state index contributed by atoms with van der Waals surface area (Å²) >= 11 is 0. The molecule has 2 heterocycles. The van der Waals surface area contributed by atoms with Crippen molar-refractivity contribution in [2.45, 2.75) is 32.6 Å². The zero-order valence-corrected chi connectivity index (χ0v) is 11.8. The van der Waals surface area contributed by atoms with Crippen molar-refractivity contribution in [2.24, 2.45) is 0 Å². The maximum absolute atomic E-state index is 12.2. The summed E-state index contributed by atoms with van der Waals surface area (Å²) in [6.07, 6.45) is 3.85. The van der Waals surface area contributed by atoms with Gasteiger partial charge in [-0.25, -0.2) is 4.98 Å². The molecule has 1 aliphatic heterocycles. The predicted octanol–water partition coefficient (Wildman–Crippen LogP) is 1.63. The number of rotatable bonds is 3. The Bertz CT molecular complexity index is 537. The van der Waals surface area contributed by atoms with E-state index in [2.05, 4.69) is 9.71 Å². The quantitative estimate of drug-likeness (QED) is 0.884. The summed E-state index contributed by atoms with van der Waals surface area (Å²) in [5.41, 5.74) is 0.645. The van der Waals surface area contributed by atoms with Gasteiger partial charge in [-0.1, -0.05) is 12.8 Å². The summed E-state index contributed by atoms with van der Waals surface area (Å²) in [6.45, 7) is 2.77. The van der Waals surface area contributed by atoms with E-state index in [9.17, 15) is 13.5 Å². The number of pyridine rings is 1. The first-order valence-corrected chi connectivity index (χ1v) is 7.87. The van der Waals surface area contributed by atoms with Gasteiger partial charge in [0.05, 0.1) is 0 Å². The molecule has 0 saturated carbocycles. The molecule has 0 atom stereocenters. The second kappa shape index (κ2) is 5.75. The maximum atomic E-state index is 12.2. The van der Waals surface area contributed by atoms with Crippen LogP contribution in [0.4, 0.5) is 5.82 Å². The fourth-order valence-electron chi connectivity index (χ4n) is 2.09. The third kappa shape index (κ3) is 3.57. The molecule has 0 amide bonds. The molecular weight excluding hydrogens is 266 g/mol. The Morgan fingerprint density at radius 3 is 2.47 bits per heavy atom. The number of anilines is 1. The first kappa shape index (κ1) is 14.1. The van der Waals surface area contributed by atoms with E-state index in [1.165, 1.54) is 10.4 Å². The third-order valence-corrected chi connectivity index (χ3v) is 4.64. The van der Waals surface area contributed by atoms with E-state index in [0.717, 1.165) is 25.7 Å². The van der Waals surface area contributed by atoms with Gasteiger partial charge in [-0.05, 0) is 31.9 Å². The molecule has 7 heteroatoms. The highest BCUT2D eigenvalue weighted by Crippen LogP contribution is 2.23. The lowest BCUT2D eigenvalue weighted by Gasteiger charge is -2.20. The van der Waals surface area contributed by atoms with Crippen molar-refractivity contribution >= 4 is 16.0 Å². The SMILES string of the molecule is Cc1ccc(O)c(NS(=O)(=O)N2CCCCCC2)n1. The zero-order valence-electron chi connectivity index (χ0n) is 11.0. The van der Waals surface area contributed by atoms with Crippen LogP contribution in [0.5, 0.6) is 5.75 Å². The highest BCUT2D eigenvalue weighted by molar-refractivity contribution is 7.90. The fraction of sp³-hybridized carbons (Fsp3) is 0.583. The summed E-state index contributed by atoms with van der Waals surface area (Å²) in [5.74, 6) is -0.173. The maximum Gasteiger partial charge on any atom is 0.302 e. The van der Waals surface area contributed by atoms with Crippen molar-refractivity contribution in [1.29, 1.82) is 0 Å². The number of aromatic nitrogens is 1. The van der Waals surface area contributed by atoms with Crippen molar-refractivity contribution in [3.8, 4) is 5.75 Å². The molecule has 2 rings (SSSR count). The lowest BCUT2D eigenvalue weighted by molar-refractivity contribution is 0.426. The number of aromatic hydroxyl groups is 1. The highest BCUT2D eigenvalue weighted by atomic mass is 32.2. The normalized spacial score (nSPS) is 17.9. The van der Waals surface area contributed by atoms with Crippen LogP contribution in [0.15, 0.2) is 12.1 Å². The Morgan fingerprint density at radius 1 is 1.21 bits per heavy atom. The van der Waals surface area contributed by atoms with Crippen LogP contribution in [0.3, 0.4) is 0 Å². The predicted molar refractivity (Wildman–Crippen MR) is 73.2 cm³/mol. The van der Waals surface area contributed by atoms with Crippen molar-refractivity contribution in [2.75, 3.05) is 17.8 Å². The monoisotopic (exact) mass is 285 g/mol. The minimum atomic E-state index is -3.64. The molecule has 1 fully saturated rings. The Kier molecular flexibility index (Phi) is 4.26. The standard InChI is InChI=1S/C12H19N3O3S/c1-10-6-7-11(16)12(13-10)14-19(17,18)15-8-4-2-3-5-9-15/h6-7,16H,2-5,8-9H2,1H3,(H,13,14). The number of nitrogens with one attached hydrogen (secondary N) is 1. The van der Waals surface area contributed by atoms with Crippen molar-refractivity contribution in [3.05, 3.63) is 17.8 Å². The van der Waals surface area contributed by atoms with Crippen LogP contribution < -0.4 is 4.72 Å². The van der Waals surface area contributed by atoms with Gasteiger partial charge in [0.1, 0.15) is 0 Å². The number of hydrogen-bond acceptors (Lipinski definition) is 4. The van der Waals surface area contributed by atoms with Gasteiger partial charge in [0.15, 0.2) is 11.6 Å². The first-order chi connectivity index (χ1) is 8.99. The third-order valence-electron chi connectivity index (χ3n) is 3.14. The molecule has 1 saturated heterocycles. The molecule has 0 aromatic carbocycles. The van der Waals surface area contributed by atoms with E-state index in [1.807, 2.05) is 0 Å². The summed E-state index contributed by atoms with van der Waals surface area (Å²) < 4.78 is 28.3. The van der Waals surface area contributed by atoms with Gasteiger partial charge in [0, 0.05) is 18.8 Å². The van der Waals surface area contributed by atoms with Gasteiger partial charge < -0.3 is 5.11 Å². The Balaban J connectivity index is 2.18. The van der Waals surface area contributed by atoms with Gasteiger partial charge >= 0.3 is 10.2 Å². The Morgan fingerprint density at radius 2 is 1.84 bits per heavy atom. The van der Waals surface area contributed by atoms with Crippen LogP contribution in [0.1, 0.15) is 31.4 Å². The molecule has 1 aliphatic rings. The molecular formula is C12H19N3O3S. The van der Waals surface area contributed by atoms with E-state index < -0.39 is 10.2 Å². The van der Waals surface area contributed by atoms with Crippen LogP contribution in [0.25, 0.3) is 0 Å². The minimum absolute atomic E-state index is 0.00996. The molecule has 106 valence electrons. The van der Waals surface area contributed by atoms with Crippen LogP contribution in [-0.2, 0) is 10.2 Å². The highest BCUT2D eigenvalue weighted by Gasteiger charge is 2.24. The van der Waals surface area contributed by atoms with E-state index >= 15 is 0 Å². The molecule has 2 N–H and O–H groups in total. The van der Waals surface area contributed by atoms with E-state index in [4.69, 9.17) is 0 Å². The van der Waals surface area contributed by atoms with E-state index in [1.54, 1.807) is 13.0 Å². The van der Waals surface area contributed by atoms with Gasteiger partial charge in [0.25, 0.3) is 0 Å². The van der Waals surface area contributed by atoms with Crippen LogP contribution >= 0.6 is 0 Å². The van der Waals surface area contributed by atoms with Gasteiger partial charge in [-0.3, -0.25) is 4.72 Å². The first-order valence-electron chi connectivity index (χ1n) is 6.43. The van der Waals surface area contributed by atoms with E-state index in [0.29, 0.717) is 18.8 Å². The van der Waals surface area contributed by atoms with Crippen molar-refractivity contribution in [1.82, 2.24) is 9.29 Å². The molecule has 0 bridgehead atoms. The second-order valence-electron chi connectivity index (χ2n) is 4.74. The zero-order chi connectivity index (χ0) is 13.9. The summed E-state index contributed by atoms with van der Waals surface area (Å²) in [5, 5.41) is 9.64. The number of aryl methyl sites for hydroxylation is 1. The molecule has 1 aromatic rings. The van der Waals surface area contributed by atoms with Crippen molar-refractivity contribution < 1.29 is 13.5 Å². The summed E-state index contributed by atoms with van der Waals surface area (Å²) in [6, 6.07) is 3.06. The number of nitrogens with zero attached hydrogens (tertiary/aromatic N) is 2. The fourth-order valence-corrected chi connectivity index (χ4v) is 3.36. The van der Waals surface area contributed by atoms with Crippen LogP contribution in [-0.4, -0.2) is 35.9 Å². The molecule has 0 aliphatic carbocycles. The van der Waals surface area contributed by atoms with Gasteiger partial charge in [-0.2, -0.15) is 12.7 Å². The van der Waals surface area contributed by atoms with Gasteiger partial charge in [-0.15, -0.1) is 0 Å². The molecule has 6 nitrogen and oxygen atoms in total. The average molecular weight is 285 g/mol. The lowest BCUT2D eigenvalue weighted by atomic mass is 10.2. The lowest BCUT2D eigenvalue weighted by Crippen LogP contribution is -2.36. The summed E-state index contributed by atoms with van der Waals surface area (Å²) in [7, 11) is -3.64. The number of hydrogen-bond donors (Lipinski definition) is 2. The van der Waals surface area contributed by atoms with Gasteiger partial charge in [0.2, 0.25) is 0 Å². The molecule has 0 radical (unpaired) electrons. The van der Waals surface area contributed by atoms with E-state index in [-0.39, 0.29) is 11.6 Å². The second-order valence-corrected chi connectivity index (χ2v) is 6.41. The minimum Gasteiger partial charge on any atom is -0.504 e. The Labute approximate surface area is 113 Å². The van der Waals surface area contributed by atoms with Crippen LogP contribution in [0, 0.1) is 6.92 Å². The molecule has 19 heavy (non-hydrogen) atoms. The largest absolute Gasteiger partial charge is 0.504 e. The molecule has 0 unspecified atom stereocenters. The van der Waals surface area contributed by atoms with Crippen molar-refractivity contribution in [3.63, 3.8) is 0 Å². The topological polar surface area (TPSA) is 82.5 Å². The average Bonchev–Trinajstić information content (AvgIpc) is 2.63.